The topological polar surface area (TPSA) is 71.2 Å². The van der Waals surface area contributed by atoms with Gasteiger partial charge in [0.25, 0.3) is 5.91 Å². The van der Waals surface area contributed by atoms with E-state index >= 15 is 0 Å². The van der Waals surface area contributed by atoms with Crippen LogP contribution in [0.15, 0.2) is 12.1 Å². The Hall–Kier alpha value is -1.62. The number of hydrazine groups is 1. The first-order valence-electron chi connectivity index (χ1n) is 7.50. The SMILES string of the molecule is CC(C1CC1)N(C)C(=O)c1cc(NN)nc(C(C)(C)C)c1. The van der Waals surface area contributed by atoms with Crippen LogP contribution in [0, 0.1) is 5.92 Å². The molecule has 5 nitrogen and oxygen atoms in total. The van der Waals surface area contributed by atoms with Crippen molar-refractivity contribution in [2.45, 2.75) is 52.0 Å². The maximum Gasteiger partial charge on any atom is 0.254 e. The molecule has 1 fully saturated rings. The third-order valence-electron chi connectivity index (χ3n) is 4.22. The number of nitrogens with two attached hydrogens (primary N) is 1. The van der Waals surface area contributed by atoms with E-state index in [9.17, 15) is 4.79 Å². The van der Waals surface area contributed by atoms with Crippen LogP contribution in [0.4, 0.5) is 5.82 Å². The monoisotopic (exact) mass is 290 g/mol. The number of amides is 1. The predicted octanol–water partition coefficient (Wildman–Crippen LogP) is 2.54. The summed E-state index contributed by atoms with van der Waals surface area (Å²) < 4.78 is 0. The van der Waals surface area contributed by atoms with Gasteiger partial charge in [0.05, 0.1) is 0 Å². The van der Waals surface area contributed by atoms with Gasteiger partial charge in [0, 0.05) is 29.8 Å². The van der Waals surface area contributed by atoms with Gasteiger partial charge in [-0.2, -0.15) is 0 Å². The summed E-state index contributed by atoms with van der Waals surface area (Å²) in [6.07, 6.45) is 2.44. The van der Waals surface area contributed by atoms with E-state index in [2.05, 4.69) is 38.1 Å². The molecule has 0 aliphatic heterocycles. The number of anilines is 1. The number of hydrogen-bond donors (Lipinski definition) is 2. The van der Waals surface area contributed by atoms with Crippen LogP contribution in [0.1, 0.15) is 56.6 Å². The van der Waals surface area contributed by atoms with E-state index in [1.54, 1.807) is 6.07 Å². The molecular formula is C16H26N4O. The van der Waals surface area contributed by atoms with Crippen LogP contribution >= 0.6 is 0 Å². The normalized spacial score (nSPS) is 16.5. The van der Waals surface area contributed by atoms with Crippen LogP contribution in [0.2, 0.25) is 0 Å². The Morgan fingerprint density at radius 1 is 1.43 bits per heavy atom. The minimum atomic E-state index is -0.136. The highest BCUT2D eigenvalue weighted by Crippen LogP contribution is 2.35. The van der Waals surface area contributed by atoms with Crippen LogP contribution in [0.5, 0.6) is 0 Å². The first kappa shape index (κ1) is 15.8. The molecule has 1 aromatic heterocycles. The third kappa shape index (κ3) is 3.53. The standard InChI is InChI=1S/C16H26N4O/c1-10(11-6-7-11)20(5)15(21)12-8-13(16(2,3)4)18-14(9-12)19-17/h8-11H,6-7,17H2,1-5H3,(H,18,19). The Bertz CT molecular complexity index is 532. The Morgan fingerprint density at radius 3 is 2.52 bits per heavy atom. The van der Waals surface area contributed by atoms with Crippen molar-refractivity contribution in [3.8, 4) is 0 Å². The molecule has 1 atom stereocenters. The van der Waals surface area contributed by atoms with Crippen LogP contribution < -0.4 is 11.3 Å². The number of carbonyl (C=O) groups is 1. The molecule has 3 N–H and O–H groups in total. The van der Waals surface area contributed by atoms with Gasteiger partial charge in [-0.3, -0.25) is 4.79 Å². The fraction of sp³-hybridized carbons (Fsp3) is 0.625. The Balaban J connectivity index is 2.31. The fourth-order valence-corrected chi connectivity index (χ4v) is 2.40. The van der Waals surface area contributed by atoms with E-state index in [1.165, 1.54) is 12.8 Å². The van der Waals surface area contributed by atoms with Gasteiger partial charge in [-0.1, -0.05) is 20.8 Å². The number of nitrogens with one attached hydrogen (secondary N) is 1. The lowest BCUT2D eigenvalue weighted by molar-refractivity contribution is 0.0727. The largest absolute Gasteiger partial charge is 0.339 e. The van der Waals surface area contributed by atoms with Gasteiger partial charge >= 0.3 is 0 Å². The molecule has 1 amide bonds. The summed E-state index contributed by atoms with van der Waals surface area (Å²) in [7, 11) is 1.87. The molecule has 1 aromatic rings. The summed E-state index contributed by atoms with van der Waals surface area (Å²) in [4.78, 5) is 19.0. The number of hydrogen-bond acceptors (Lipinski definition) is 4. The molecule has 1 saturated carbocycles. The molecule has 0 radical (unpaired) electrons. The molecule has 5 heteroatoms. The first-order valence-corrected chi connectivity index (χ1v) is 7.50. The Labute approximate surface area is 126 Å². The van der Waals surface area contributed by atoms with Gasteiger partial charge in [-0.25, -0.2) is 10.8 Å². The number of nitrogens with zero attached hydrogens (tertiary/aromatic N) is 2. The highest BCUT2D eigenvalue weighted by Gasteiger charge is 2.33. The molecule has 2 rings (SSSR count). The zero-order valence-electron chi connectivity index (χ0n) is 13.6. The van der Waals surface area contributed by atoms with Gasteiger partial charge in [-0.15, -0.1) is 0 Å². The molecule has 0 bridgehead atoms. The maximum absolute atomic E-state index is 12.7. The fourth-order valence-electron chi connectivity index (χ4n) is 2.40. The number of nitrogen functional groups attached to an aromatic ring is 1. The van der Waals surface area contributed by atoms with Crippen molar-refractivity contribution in [3.63, 3.8) is 0 Å². The highest BCUT2D eigenvalue weighted by atomic mass is 16.2. The van der Waals surface area contributed by atoms with E-state index in [4.69, 9.17) is 5.84 Å². The predicted molar refractivity (Wildman–Crippen MR) is 85.0 cm³/mol. The van der Waals surface area contributed by atoms with E-state index in [0.717, 1.165) is 5.69 Å². The van der Waals surface area contributed by atoms with Crippen LogP contribution in [-0.4, -0.2) is 28.9 Å². The molecule has 0 saturated heterocycles. The van der Waals surface area contributed by atoms with E-state index < -0.39 is 0 Å². The molecule has 116 valence electrons. The summed E-state index contributed by atoms with van der Waals surface area (Å²) in [6.45, 7) is 8.32. The van der Waals surface area contributed by atoms with Crippen LogP contribution in [-0.2, 0) is 5.41 Å². The zero-order valence-corrected chi connectivity index (χ0v) is 13.6. The lowest BCUT2D eigenvalue weighted by Gasteiger charge is -2.26. The van der Waals surface area contributed by atoms with E-state index in [0.29, 0.717) is 17.3 Å². The molecule has 1 unspecified atom stereocenters. The quantitative estimate of drug-likeness (QED) is 0.660. The smallest absolute Gasteiger partial charge is 0.254 e. The maximum atomic E-state index is 12.7. The number of pyridine rings is 1. The van der Waals surface area contributed by atoms with Gasteiger partial charge in [-0.05, 0) is 37.8 Å². The highest BCUT2D eigenvalue weighted by molar-refractivity contribution is 5.95. The summed E-state index contributed by atoms with van der Waals surface area (Å²) in [5.74, 6) is 6.69. The Kier molecular flexibility index (Phi) is 4.23. The summed E-state index contributed by atoms with van der Waals surface area (Å²) in [6, 6.07) is 3.87. The summed E-state index contributed by atoms with van der Waals surface area (Å²) >= 11 is 0. The van der Waals surface area contributed by atoms with Crippen molar-refractivity contribution < 1.29 is 4.79 Å². The molecule has 0 aromatic carbocycles. The van der Waals surface area contributed by atoms with Crippen molar-refractivity contribution in [3.05, 3.63) is 23.4 Å². The van der Waals surface area contributed by atoms with Crippen molar-refractivity contribution in [2.24, 2.45) is 11.8 Å². The van der Waals surface area contributed by atoms with Crippen molar-refractivity contribution in [1.82, 2.24) is 9.88 Å². The number of rotatable bonds is 4. The second-order valence-corrected chi connectivity index (χ2v) is 7.01. The summed E-state index contributed by atoms with van der Waals surface area (Å²) in [5.41, 5.74) is 3.91. The van der Waals surface area contributed by atoms with E-state index in [-0.39, 0.29) is 17.4 Å². The minimum Gasteiger partial charge on any atom is -0.339 e. The van der Waals surface area contributed by atoms with E-state index in [1.807, 2.05) is 18.0 Å². The minimum absolute atomic E-state index is 0.0267. The van der Waals surface area contributed by atoms with Gasteiger partial charge in [0.15, 0.2) is 0 Å². The third-order valence-corrected chi connectivity index (χ3v) is 4.22. The molecular weight excluding hydrogens is 264 g/mol. The lowest BCUT2D eigenvalue weighted by atomic mass is 9.90. The second kappa shape index (κ2) is 5.64. The van der Waals surface area contributed by atoms with Crippen LogP contribution in [0.3, 0.4) is 0 Å². The average molecular weight is 290 g/mol. The Morgan fingerprint density at radius 2 is 2.05 bits per heavy atom. The van der Waals surface area contributed by atoms with Crippen molar-refractivity contribution in [2.75, 3.05) is 12.5 Å². The molecule has 21 heavy (non-hydrogen) atoms. The lowest BCUT2D eigenvalue weighted by Crippen LogP contribution is -2.36. The molecule has 1 aliphatic rings. The molecule has 1 heterocycles. The number of aromatic nitrogens is 1. The first-order chi connectivity index (χ1) is 9.74. The van der Waals surface area contributed by atoms with Crippen molar-refractivity contribution in [1.29, 1.82) is 0 Å². The second-order valence-electron chi connectivity index (χ2n) is 7.01. The van der Waals surface area contributed by atoms with Crippen molar-refractivity contribution >= 4 is 11.7 Å². The summed E-state index contributed by atoms with van der Waals surface area (Å²) in [5, 5.41) is 0. The van der Waals surface area contributed by atoms with Gasteiger partial charge in [0.2, 0.25) is 0 Å². The average Bonchev–Trinajstić information content (AvgIpc) is 3.28. The van der Waals surface area contributed by atoms with Crippen LogP contribution in [0.25, 0.3) is 0 Å². The van der Waals surface area contributed by atoms with Gasteiger partial charge in [0.1, 0.15) is 5.82 Å². The van der Waals surface area contributed by atoms with Gasteiger partial charge < -0.3 is 10.3 Å². The number of carbonyl (C=O) groups excluding carboxylic acids is 1. The molecule has 0 spiro atoms. The zero-order chi connectivity index (χ0) is 15.8. The molecule has 1 aliphatic carbocycles.